The second-order valence-electron chi connectivity index (χ2n) is 18.9. The maximum absolute atomic E-state index is 6.79. The van der Waals surface area contributed by atoms with Crippen molar-refractivity contribution in [1.29, 1.82) is 0 Å². The summed E-state index contributed by atoms with van der Waals surface area (Å²) in [6, 6.07) is 60.1. The normalized spacial score (nSPS) is 13.6. The molecular weight excluding hydrogens is 743 g/mol. The van der Waals surface area contributed by atoms with E-state index in [1.807, 2.05) is 6.07 Å². The molecule has 5 heteroatoms. The smallest absolute Gasteiger partial charge is 0.252 e. The summed E-state index contributed by atoms with van der Waals surface area (Å²) in [5, 5.41) is 4.52. The zero-order valence-corrected chi connectivity index (χ0v) is 35.4. The van der Waals surface area contributed by atoms with Crippen LogP contribution >= 0.6 is 0 Å². The summed E-state index contributed by atoms with van der Waals surface area (Å²) in [5.74, 6) is 0. The Hall–Kier alpha value is -6.98. The van der Waals surface area contributed by atoms with Crippen molar-refractivity contribution in [1.82, 2.24) is 0 Å². The summed E-state index contributed by atoms with van der Waals surface area (Å²) >= 11 is 0. The molecule has 0 bridgehead atoms. The van der Waals surface area contributed by atoms with E-state index in [4.69, 9.17) is 8.83 Å². The lowest BCUT2D eigenvalue weighted by Crippen LogP contribution is -2.61. The molecule has 4 heterocycles. The Bertz CT molecular complexity index is 3410. The Kier molecular flexibility index (Phi) is 7.52. The summed E-state index contributed by atoms with van der Waals surface area (Å²) in [6.45, 7) is 13.9. The lowest BCUT2D eigenvalue weighted by molar-refractivity contribution is 0.590. The third-order valence-electron chi connectivity index (χ3n) is 13.2. The molecule has 12 rings (SSSR count). The van der Waals surface area contributed by atoms with E-state index in [1.54, 1.807) is 0 Å². The molecule has 2 aromatic heterocycles. The van der Waals surface area contributed by atoms with Gasteiger partial charge in [0, 0.05) is 55.5 Å². The summed E-state index contributed by atoms with van der Waals surface area (Å²) in [6.07, 6.45) is 0. The van der Waals surface area contributed by atoms with Crippen molar-refractivity contribution in [2.24, 2.45) is 0 Å². The highest BCUT2D eigenvalue weighted by Crippen LogP contribution is 2.48. The highest BCUT2D eigenvalue weighted by Gasteiger charge is 2.44. The minimum absolute atomic E-state index is 0.0200. The fraction of sp³-hybridized carbons (Fsp3) is 0.143. The molecule has 0 aliphatic carbocycles. The number of para-hydroxylation sites is 4. The number of fused-ring (bicyclic) bond motifs is 10. The van der Waals surface area contributed by atoms with Gasteiger partial charge < -0.3 is 18.6 Å². The summed E-state index contributed by atoms with van der Waals surface area (Å²) in [4.78, 5) is 4.98. The largest absolute Gasteiger partial charge is 0.455 e. The van der Waals surface area contributed by atoms with Crippen molar-refractivity contribution in [3.05, 3.63) is 175 Å². The third kappa shape index (κ3) is 5.32. The van der Waals surface area contributed by atoms with Gasteiger partial charge in [-0.2, -0.15) is 0 Å². The SMILES string of the molecule is CC(C)(C)c1ccc2c(c1)N(c1ccc(-c3cccc4c3oc3ccccc34)cc1)c1cccc3c1B2c1ccc(C(C)(C)C)cc1N3c1cccc2c1oc1ccccc12. The molecule has 0 spiro atoms. The van der Waals surface area contributed by atoms with Crippen LogP contribution in [0.1, 0.15) is 52.7 Å². The fourth-order valence-corrected chi connectivity index (χ4v) is 10.1. The number of anilines is 6. The van der Waals surface area contributed by atoms with Crippen molar-refractivity contribution in [3.63, 3.8) is 0 Å². The van der Waals surface area contributed by atoms with E-state index >= 15 is 0 Å². The maximum Gasteiger partial charge on any atom is 0.252 e. The quantitative estimate of drug-likeness (QED) is 0.167. The first-order chi connectivity index (χ1) is 29.5. The van der Waals surface area contributed by atoms with E-state index in [1.165, 1.54) is 44.6 Å². The molecule has 61 heavy (non-hydrogen) atoms. The van der Waals surface area contributed by atoms with Gasteiger partial charge in [0.15, 0.2) is 5.58 Å². The molecule has 0 saturated heterocycles. The van der Waals surface area contributed by atoms with Crippen LogP contribution in [0.25, 0.3) is 55.0 Å². The molecule has 4 nitrogen and oxygen atoms in total. The zero-order chi connectivity index (χ0) is 41.4. The van der Waals surface area contributed by atoms with Crippen LogP contribution in [0.15, 0.2) is 173 Å². The standard InChI is InChI=1S/C56H45BN2O2/c1-55(2,3)35-26-30-43-48(32-35)58(37-28-24-34(25-29-37)38-16-11-17-41-39-14-7-9-22-50(39)60-53(38)41)45-19-13-20-46-52(45)57(43)44-31-27-36(56(4,5)6)33-49(44)59(46)47-21-12-18-42-40-15-8-10-23-51(40)61-54(42)47/h7-33H,1-6H3. The van der Waals surface area contributed by atoms with Gasteiger partial charge in [-0.25, -0.2) is 0 Å². The van der Waals surface area contributed by atoms with Gasteiger partial charge in [-0.15, -0.1) is 0 Å². The lowest BCUT2D eigenvalue weighted by Gasteiger charge is -2.44. The molecule has 294 valence electrons. The monoisotopic (exact) mass is 788 g/mol. The Morgan fingerprint density at radius 1 is 0.410 bits per heavy atom. The van der Waals surface area contributed by atoms with Crippen molar-refractivity contribution >= 4 is 101 Å². The molecule has 0 saturated carbocycles. The van der Waals surface area contributed by atoms with Gasteiger partial charge >= 0.3 is 0 Å². The predicted octanol–water partition coefficient (Wildman–Crippen LogP) is 13.8. The van der Waals surface area contributed by atoms with E-state index in [0.717, 1.165) is 72.1 Å². The van der Waals surface area contributed by atoms with Crippen molar-refractivity contribution in [3.8, 4) is 11.1 Å². The molecule has 0 fully saturated rings. The van der Waals surface area contributed by atoms with Crippen LogP contribution in [0.5, 0.6) is 0 Å². The Morgan fingerprint density at radius 3 is 1.52 bits per heavy atom. The van der Waals surface area contributed by atoms with Crippen LogP contribution in [0.4, 0.5) is 34.1 Å². The van der Waals surface area contributed by atoms with E-state index in [-0.39, 0.29) is 17.5 Å². The van der Waals surface area contributed by atoms with E-state index in [0.29, 0.717) is 0 Å². The number of rotatable bonds is 3. The summed E-state index contributed by atoms with van der Waals surface area (Å²) < 4.78 is 13.3. The zero-order valence-electron chi connectivity index (χ0n) is 35.4. The molecule has 0 unspecified atom stereocenters. The van der Waals surface area contributed by atoms with Gasteiger partial charge in [0.1, 0.15) is 16.7 Å². The fourth-order valence-electron chi connectivity index (χ4n) is 10.1. The number of hydrogen-bond acceptors (Lipinski definition) is 4. The average Bonchev–Trinajstić information content (AvgIpc) is 3.84. The van der Waals surface area contributed by atoms with Crippen molar-refractivity contribution in [2.45, 2.75) is 52.4 Å². The number of hydrogen-bond donors (Lipinski definition) is 0. The van der Waals surface area contributed by atoms with Gasteiger partial charge in [-0.1, -0.05) is 151 Å². The predicted molar refractivity (Wildman–Crippen MR) is 258 cm³/mol. The van der Waals surface area contributed by atoms with Gasteiger partial charge in [0.05, 0.1) is 5.69 Å². The van der Waals surface area contributed by atoms with Gasteiger partial charge in [0.25, 0.3) is 6.71 Å². The van der Waals surface area contributed by atoms with Crippen LogP contribution in [0.2, 0.25) is 0 Å². The second-order valence-corrected chi connectivity index (χ2v) is 18.9. The average molecular weight is 789 g/mol. The molecule has 2 aliphatic rings. The lowest BCUT2D eigenvalue weighted by atomic mass is 9.33. The molecule has 10 aromatic rings. The first-order valence-electron chi connectivity index (χ1n) is 21.5. The van der Waals surface area contributed by atoms with Crippen LogP contribution < -0.4 is 26.2 Å². The Labute approximate surface area is 356 Å². The topological polar surface area (TPSA) is 32.8 Å². The minimum Gasteiger partial charge on any atom is -0.455 e. The number of nitrogens with zero attached hydrogens (tertiary/aromatic N) is 2. The maximum atomic E-state index is 6.79. The molecule has 0 atom stereocenters. The minimum atomic E-state index is -0.0425. The van der Waals surface area contributed by atoms with Gasteiger partial charge in [-0.05, 0) is 98.5 Å². The highest BCUT2D eigenvalue weighted by atomic mass is 16.3. The molecule has 0 radical (unpaired) electrons. The van der Waals surface area contributed by atoms with Crippen LogP contribution in [0.3, 0.4) is 0 Å². The highest BCUT2D eigenvalue weighted by molar-refractivity contribution is 7.00. The first-order valence-corrected chi connectivity index (χ1v) is 21.5. The van der Waals surface area contributed by atoms with Crippen LogP contribution in [-0.4, -0.2) is 6.71 Å². The van der Waals surface area contributed by atoms with Crippen LogP contribution in [-0.2, 0) is 10.8 Å². The van der Waals surface area contributed by atoms with Gasteiger partial charge in [0.2, 0.25) is 0 Å². The third-order valence-corrected chi connectivity index (χ3v) is 13.2. The molecule has 0 N–H and O–H groups in total. The molecule has 2 aliphatic heterocycles. The molecular formula is C56H45BN2O2. The van der Waals surface area contributed by atoms with E-state index in [2.05, 4.69) is 209 Å². The Balaban J connectivity index is 1.10. The molecule has 8 aromatic carbocycles. The van der Waals surface area contributed by atoms with Crippen molar-refractivity contribution in [2.75, 3.05) is 9.80 Å². The second kappa shape index (κ2) is 12.8. The summed E-state index contributed by atoms with van der Waals surface area (Å²) in [5.41, 5.74) is 19.1. The first kappa shape index (κ1) is 35.9. The number of benzene rings is 8. The number of furan rings is 2. The van der Waals surface area contributed by atoms with Crippen molar-refractivity contribution < 1.29 is 8.83 Å². The molecule has 0 amide bonds. The van der Waals surface area contributed by atoms with E-state index in [9.17, 15) is 0 Å². The van der Waals surface area contributed by atoms with Crippen LogP contribution in [0, 0.1) is 0 Å². The van der Waals surface area contributed by atoms with E-state index < -0.39 is 0 Å². The van der Waals surface area contributed by atoms with Gasteiger partial charge in [-0.3, -0.25) is 0 Å². The Morgan fingerprint density at radius 2 is 0.902 bits per heavy atom. The summed E-state index contributed by atoms with van der Waals surface area (Å²) in [7, 11) is 0.